The molecule has 2 heterocycles. The van der Waals surface area contributed by atoms with Gasteiger partial charge in [-0.05, 0) is 29.6 Å². The average Bonchev–Trinajstić information content (AvgIpc) is 3.23. The van der Waals surface area contributed by atoms with Crippen molar-refractivity contribution in [1.82, 2.24) is 15.1 Å². The number of rotatable bonds is 7. The van der Waals surface area contributed by atoms with Crippen LogP contribution in [0, 0.1) is 0 Å². The Morgan fingerprint density at radius 3 is 2.52 bits per heavy atom. The molecule has 0 saturated heterocycles. The van der Waals surface area contributed by atoms with E-state index in [1.54, 1.807) is 35.6 Å². The molecular weight excluding hydrogens is 366 g/mol. The number of nitrogens with one attached hydrogen (secondary N) is 1. The number of amides is 1. The molecule has 1 N–H and O–H groups in total. The van der Waals surface area contributed by atoms with E-state index in [2.05, 4.69) is 10.4 Å². The predicted molar refractivity (Wildman–Crippen MR) is 104 cm³/mol. The number of ether oxygens (including phenoxy) is 2. The molecule has 1 amide bonds. The highest BCUT2D eigenvalue weighted by atomic mass is 32.1. The van der Waals surface area contributed by atoms with E-state index in [0.29, 0.717) is 17.1 Å². The van der Waals surface area contributed by atoms with Gasteiger partial charge in [-0.3, -0.25) is 9.59 Å². The summed E-state index contributed by atoms with van der Waals surface area (Å²) in [4.78, 5) is 25.4. The van der Waals surface area contributed by atoms with Gasteiger partial charge in [0.2, 0.25) is 0 Å². The van der Waals surface area contributed by atoms with Crippen molar-refractivity contribution in [1.29, 1.82) is 0 Å². The van der Waals surface area contributed by atoms with Crippen molar-refractivity contribution in [3.63, 3.8) is 0 Å². The first-order valence-corrected chi connectivity index (χ1v) is 9.12. The molecule has 0 aliphatic heterocycles. The molecule has 0 spiro atoms. The van der Waals surface area contributed by atoms with E-state index in [4.69, 9.17) is 9.47 Å². The number of methoxy groups -OCH3 is 2. The molecule has 0 aliphatic rings. The van der Waals surface area contributed by atoms with Crippen LogP contribution in [0.3, 0.4) is 0 Å². The van der Waals surface area contributed by atoms with Gasteiger partial charge in [-0.15, -0.1) is 11.3 Å². The van der Waals surface area contributed by atoms with Crippen molar-refractivity contribution in [3.05, 3.63) is 63.8 Å². The fourth-order valence-corrected chi connectivity index (χ4v) is 3.17. The van der Waals surface area contributed by atoms with Crippen molar-refractivity contribution >= 4 is 17.2 Å². The fourth-order valence-electron chi connectivity index (χ4n) is 2.48. The molecule has 0 unspecified atom stereocenters. The monoisotopic (exact) mass is 385 g/mol. The quantitative estimate of drug-likeness (QED) is 0.675. The van der Waals surface area contributed by atoms with Gasteiger partial charge in [-0.2, -0.15) is 5.10 Å². The van der Waals surface area contributed by atoms with Crippen LogP contribution in [0.5, 0.6) is 11.5 Å². The number of aromatic nitrogens is 2. The zero-order valence-corrected chi connectivity index (χ0v) is 15.8. The summed E-state index contributed by atoms with van der Waals surface area (Å²) in [6.07, 6.45) is 0. The number of carbonyl (C=O) groups excluding carboxylic acids is 1. The highest BCUT2D eigenvalue weighted by molar-refractivity contribution is 7.13. The SMILES string of the molecule is COc1cc(OC)cc(C(=O)NCCn2nc(-c3cccs3)ccc2=O)c1. The van der Waals surface area contributed by atoms with Gasteiger partial charge in [0.25, 0.3) is 11.5 Å². The molecule has 2 aromatic heterocycles. The van der Waals surface area contributed by atoms with Gasteiger partial charge >= 0.3 is 0 Å². The first-order valence-electron chi connectivity index (χ1n) is 8.24. The van der Waals surface area contributed by atoms with Gasteiger partial charge in [0, 0.05) is 24.2 Å². The van der Waals surface area contributed by atoms with Crippen LogP contribution in [-0.2, 0) is 6.54 Å². The minimum Gasteiger partial charge on any atom is -0.497 e. The Labute approximate surface area is 160 Å². The highest BCUT2D eigenvalue weighted by Gasteiger charge is 2.10. The number of thiophene rings is 1. The molecule has 0 aliphatic carbocycles. The van der Waals surface area contributed by atoms with Gasteiger partial charge in [-0.25, -0.2) is 4.68 Å². The van der Waals surface area contributed by atoms with Crippen LogP contribution < -0.4 is 20.3 Å². The number of hydrogen-bond donors (Lipinski definition) is 1. The van der Waals surface area contributed by atoms with Crippen LogP contribution in [0.15, 0.2) is 52.6 Å². The molecule has 0 atom stereocenters. The Bertz CT molecular complexity index is 961. The third kappa shape index (κ3) is 4.53. The van der Waals surface area contributed by atoms with Crippen molar-refractivity contribution < 1.29 is 14.3 Å². The van der Waals surface area contributed by atoms with Crippen LogP contribution in [0.2, 0.25) is 0 Å². The molecule has 0 saturated carbocycles. The summed E-state index contributed by atoms with van der Waals surface area (Å²) in [6.45, 7) is 0.532. The first kappa shape index (κ1) is 18.7. The summed E-state index contributed by atoms with van der Waals surface area (Å²) in [6, 6.07) is 12.0. The molecule has 0 bridgehead atoms. The summed E-state index contributed by atoms with van der Waals surface area (Å²) in [5, 5.41) is 9.10. The maximum atomic E-state index is 12.4. The van der Waals surface area contributed by atoms with Gasteiger partial charge in [0.1, 0.15) is 17.2 Å². The topological polar surface area (TPSA) is 82.4 Å². The third-order valence-corrected chi connectivity index (χ3v) is 4.76. The number of hydrogen-bond acceptors (Lipinski definition) is 6. The fraction of sp³-hybridized carbons (Fsp3) is 0.211. The largest absolute Gasteiger partial charge is 0.497 e. The van der Waals surface area contributed by atoms with Crippen molar-refractivity contribution in [2.24, 2.45) is 0 Å². The van der Waals surface area contributed by atoms with Crippen LogP contribution in [0.1, 0.15) is 10.4 Å². The van der Waals surface area contributed by atoms with E-state index in [1.807, 2.05) is 17.5 Å². The second kappa shape index (κ2) is 8.50. The van der Waals surface area contributed by atoms with E-state index in [-0.39, 0.29) is 24.6 Å². The molecular formula is C19H19N3O4S. The van der Waals surface area contributed by atoms with Crippen molar-refractivity contribution in [3.8, 4) is 22.1 Å². The van der Waals surface area contributed by atoms with Crippen molar-refractivity contribution in [2.45, 2.75) is 6.54 Å². The minimum absolute atomic E-state index is 0.215. The Hall–Kier alpha value is -3.13. The normalized spacial score (nSPS) is 10.4. The Morgan fingerprint density at radius 2 is 1.89 bits per heavy atom. The molecule has 8 heteroatoms. The number of benzene rings is 1. The Balaban J connectivity index is 1.67. The summed E-state index contributed by atoms with van der Waals surface area (Å²) in [7, 11) is 3.05. The number of carbonyl (C=O) groups is 1. The summed E-state index contributed by atoms with van der Waals surface area (Å²) in [5.74, 6) is 0.775. The number of nitrogens with zero attached hydrogens (tertiary/aromatic N) is 2. The van der Waals surface area contributed by atoms with Crippen LogP contribution in [-0.4, -0.2) is 36.5 Å². The average molecular weight is 385 g/mol. The van der Waals surface area contributed by atoms with Gasteiger partial charge in [-0.1, -0.05) is 6.07 Å². The maximum absolute atomic E-state index is 12.4. The molecule has 3 aromatic rings. The van der Waals surface area contributed by atoms with E-state index in [1.165, 1.54) is 25.0 Å². The van der Waals surface area contributed by atoms with Gasteiger partial charge < -0.3 is 14.8 Å². The summed E-state index contributed by atoms with van der Waals surface area (Å²) in [5.41, 5.74) is 0.930. The summed E-state index contributed by atoms with van der Waals surface area (Å²) >= 11 is 1.55. The molecule has 0 fully saturated rings. The molecule has 7 nitrogen and oxygen atoms in total. The highest BCUT2D eigenvalue weighted by Crippen LogP contribution is 2.22. The minimum atomic E-state index is -0.283. The Morgan fingerprint density at radius 1 is 1.15 bits per heavy atom. The molecule has 3 rings (SSSR count). The lowest BCUT2D eigenvalue weighted by Gasteiger charge is -2.10. The molecule has 0 radical (unpaired) electrons. The standard InChI is InChI=1S/C19H19N3O4S/c1-25-14-10-13(11-15(12-14)26-2)19(24)20-7-8-22-18(23)6-5-16(21-22)17-4-3-9-27-17/h3-6,9-12H,7-8H2,1-2H3,(H,20,24). The van der Waals surface area contributed by atoms with Crippen LogP contribution >= 0.6 is 11.3 Å². The predicted octanol–water partition coefficient (Wildman–Crippen LogP) is 2.42. The van der Waals surface area contributed by atoms with Gasteiger partial charge in [0.15, 0.2) is 0 Å². The van der Waals surface area contributed by atoms with Crippen LogP contribution in [0.25, 0.3) is 10.6 Å². The first-order chi connectivity index (χ1) is 13.1. The Kier molecular flexibility index (Phi) is 5.87. The van der Waals surface area contributed by atoms with E-state index < -0.39 is 0 Å². The van der Waals surface area contributed by atoms with E-state index in [9.17, 15) is 9.59 Å². The molecule has 27 heavy (non-hydrogen) atoms. The molecule has 1 aromatic carbocycles. The van der Waals surface area contributed by atoms with Crippen LogP contribution in [0.4, 0.5) is 0 Å². The smallest absolute Gasteiger partial charge is 0.266 e. The van der Waals surface area contributed by atoms with E-state index in [0.717, 1.165) is 10.6 Å². The van der Waals surface area contributed by atoms with Gasteiger partial charge in [0.05, 0.1) is 25.6 Å². The lowest BCUT2D eigenvalue weighted by molar-refractivity contribution is 0.0951. The lowest BCUT2D eigenvalue weighted by Crippen LogP contribution is -2.31. The second-order valence-electron chi connectivity index (χ2n) is 5.61. The molecule has 140 valence electrons. The zero-order chi connectivity index (χ0) is 19.2. The lowest BCUT2D eigenvalue weighted by atomic mass is 10.2. The van der Waals surface area contributed by atoms with Crippen molar-refractivity contribution in [2.75, 3.05) is 20.8 Å². The third-order valence-electron chi connectivity index (χ3n) is 3.86. The van der Waals surface area contributed by atoms with E-state index >= 15 is 0 Å². The maximum Gasteiger partial charge on any atom is 0.266 e. The summed E-state index contributed by atoms with van der Waals surface area (Å²) < 4.78 is 11.7. The second-order valence-corrected chi connectivity index (χ2v) is 6.56. The zero-order valence-electron chi connectivity index (χ0n) is 15.0.